The molecule has 0 spiro atoms. The minimum atomic E-state index is -8.07. The van der Waals surface area contributed by atoms with Gasteiger partial charge in [-0.3, -0.25) is 4.79 Å². The highest BCUT2D eigenvalue weighted by Gasteiger charge is 2.91. The molecule has 0 fully saturated rings. The van der Waals surface area contributed by atoms with Crippen molar-refractivity contribution >= 4 is 14.7 Å². The van der Waals surface area contributed by atoms with Crippen LogP contribution in [0.25, 0.3) is 0 Å². The zero-order valence-corrected chi connectivity index (χ0v) is 19.3. The molecule has 0 bridgehead atoms. The molecule has 0 aliphatic carbocycles. The van der Waals surface area contributed by atoms with Gasteiger partial charge in [0.2, 0.25) is 0 Å². The van der Waals surface area contributed by atoms with Gasteiger partial charge in [0.15, 0.2) is 0 Å². The van der Waals surface area contributed by atoms with E-state index in [-0.39, 0.29) is 25.9 Å². The van der Waals surface area contributed by atoms with Gasteiger partial charge in [-0.2, -0.15) is 57.1 Å². The van der Waals surface area contributed by atoms with Crippen LogP contribution in [0.15, 0.2) is 0 Å². The average Bonchev–Trinajstić information content (AvgIpc) is 2.70. The minimum absolute atomic E-state index is 0.0503. The number of carbonyl (C=O) groups is 1. The summed E-state index contributed by atoms with van der Waals surface area (Å²) in [5, 5.41) is 1.02. The largest absolute Gasteiger partial charge is 0.500 e. The Bertz CT molecular complexity index is 686. The Hall–Kier alpha value is -1.34. The second kappa shape index (κ2) is 11.4. The zero-order chi connectivity index (χ0) is 28.1. The zero-order valence-electron chi connectivity index (χ0n) is 18.3. The van der Waals surface area contributed by atoms with Crippen LogP contribution in [0.3, 0.4) is 0 Å². The number of hydrogen-bond acceptors (Lipinski definition) is 4. The van der Waals surface area contributed by atoms with E-state index in [0.29, 0.717) is 0 Å². The van der Waals surface area contributed by atoms with Crippen molar-refractivity contribution in [3.8, 4) is 0 Å². The molecule has 0 heterocycles. The summed E-state index contributed by atoms with van der Waals surface area (Å²) in [5.74, 6) is -41.8. The Morgan fingerprint density at radius 2 is 1.03 bits per heavy atom. The van der Waals surface area contributed by atoms with E-state index in [0.717, 1.165) is 5.32 Å². The van der Waals surface area contributed by atoms with Crippen molar-refractivity contribution in [3.05, 3.63) is 0 Å². The SMILES string of the molecule is CCO[Si](CCCNC(=O)C(F)(F)C(F)(F)C(F)(F)C(F)(F)C(F)(F)C(F)(F)F)(OCC)OCC. The van der Waals surface area contributed by atoms with Crippen molar-refractivity contribution in [1.29, 1.82) is 0 Å². The molecule has 19 heteroatoms. The van der Waals surface area contributed by atoms with E-state index < -0.39 is 63.5 Å². The maximum atomic E-state index is 13.8. The molecular weight excluding hydrogens is 545 g/mol. The number of amides is 1. The van der Waals surface area contributed by atoms with Crippen LogP contribution < -0.4 is 5.32 Å². The maximum absolute atomic E-state index is 13.8. The van der Waals surface area contributed by atoms with Crippen molar-refractivity contribution in [3.63, 3.8) is 0 Å². The molecule has 0 saturated carbocycles. The van der Waals surface area contributed by atoms with Crippen LogP contribution in [-0.2, 0) is 18.1 Å². The third-order valence-corrected chi connectivity index (χ3v) is 7.41. The fraction of sp³-hybridized carbons (Fsp3) is 0.938. The lowest BCUT2D eigenvalue weighted by Gasteiger charge is -2.39. The Labute approximate surface area is 191 Å². The standard InChI is InChI=1S/C16H22F13NO4Si/c1-4-32-35(33-5-2,34-6-3)9-7-8-30-10(31)11(17,18)12(19,20)13(21,22)14(23,24)15(25,26)16(27,28)29/h4-9H2,1-3H3,(H,30,31). The number of hydrogen-bond donors (Lipinski definition) is 1. The molecule has 210 valence electrons. The topological polar surface area (TPSA) is 56.8 Å². The second-order valence-electron chi connectivity index (χ2n) is 6.71. The minimum Gasteiger partial charge on any atom is -0.374 e. The molecule has 0 aromatic rings. The molecule has 0 atom stereocenters. The van der Waals surface area contributed by atoms with Gasteiger partial charge in [0.25, 0.3) is 5.91 Å². The summed E-state index contributed by atoms with van der Waals surface area (Å²) in [6.07, 6.45) is -7.94. The number of nitrogens with one attached hydrogen (secondary N) is 1. The van der Waals surface area contributed by atoms with Gasteiger partial charge in [-0.05, 0) is 27.2 Å². The third kappa shape index (κ3) is 6.33. The molecule has 1 amide bonds. The molecule has 0 rings (SSSR count). The molecule has 0 aliphatic heterocycles. The number of halogens is 13. The average molecular weight is 567 g/mol. The highest BCUT2D eigenvalue weighted by atomic mass is 28.4. The van der Waals surface area contributed by atoms with E-state index in [1.54, 1.807) is 0 Å². The fourth-order valence-corrected chi connectivity index (χ4v) is 5.14. The number of alkyl halides is 13. The van der Waals surface area contributed by atoms with E-state index in [4.69, 9.17) is 13.3 Å². The fourth-order valence-electron chi connectivity index (χ4n) is 2.53. The Morgan fingerprint density at radius 3 is 1.37 bits per heavy atom. The molecule has 0 unspecified atom stereocenters. The first-order chi connectivity index (χ1) is 15.6. The maximum Gasteiger partial charge on any atom is 0.500 e. The van der Waals surface area contributed by atoms with Gasteiger partial charge in [0.1, 0.15) is 0 Å². The van der Waals surface area contributed by atoms with E-state index >= 15 is 0 Å². The monoisotopic (exact) mass is 567 g/mol. The Morgan fingerprint density at radius 1 is 0.657 bits per heavy atom. The van der Waals surface area contributed by atoms with Gasteiger partial charge in [-0.15, -0.1) is 0 Å². The van der Waals surface area contributed by atoms with Crippen LogP contribution in [-0.4, -0.2) is 76.9 Å². The third-order valence-electron chi connectivity index (χ3n) is 4.26. The van der Waals surface area contributed by atoms with Crippen LogP contribution in [0.4, 0.5) is 57.1 Å². The molecule has 1 N–H and O–H groups in total. The van der Waals surface area contributed by atoms with Crippen LogP contribution in [0.1, 0.15) is 27.2 Å². The molecule has 0 saturated heterocycles. The highest BCUT2D eigenvalue weighted by molar-refractivity contribution is 6.60. The van der Waals surface area contributed by atoms with E-state index in [1.165, 1.54) is 20.8 Å². The van der Waals surface area contributed by atoms with Gasteiger partial charge in [0, 0.05) is 32.4 Å². The summed E-state index contributed by atoms with van der Waals surface area (Å²) in [6, 6.07) is -0.225. The molecule has 0 aromatic heterocycles. The van der Waals surface area contributed by atoms with Gasteiger partial charge in [-0.1, -0.05) is 0 Å². The normalized spacial score (nSPS) is 14.9. The summed E-state index contributed by atoms with van der Waals surface area (Å²) in [7, 11) is -3.44. The lowest BCUT2D eigenvalue weighted by atomic mass is 9.93. The van der Waals surface area contributed by atoms with Crippen LogP contribution in [0, 0.1) is 0 Å². The van der Waals surface area contributed by atoms with Crippen molar-refractivity contribution in [1.82, 2.24) is 5.32 Å². The first kappa shape index (κ1) is 33.7. The van der Waals surface area contributed by atoms with Crippen molar-refractivity contribution in [2.45, 2.75) is 69.0 Å². The van der Waals surface area contributed by atoms with E-state index in [1.807, 2.05) is 0 Å². The smallest absolute Gasteiger partial charge is 0.374 e. The van der Waals surface area contributed by atoms with Gasteiger partial charge in [-0.25, -0.2) is 0 Å². The summed E-state index contributed by atoms with van der Waals surface area (Å²) >= 11 is 0. The molecule has 0 aliphatic rings. The molecule has 0 radical (unpaired) electrons. The first-order valence-electron chi connectivity index (χ1n) is 9.72. The first-order valence-corrected chi connectivity index (χ1v) is 11.6. The number of rotatable bonds is 15. The lowest BCUT2D eigenvalue weighted by molar-refractivity contribution is -0.436. The quantitative estimate of drug-likeness (QED) is 0.166. The summed E-state index contributed by atoms with van der Waals surface area (Å²) in [5.41, 5.74) is 0. The Kier molecular flexibility index (Phi) is 10.9. The summed E-state index contributed by atoms with van der Waals surface area (Å²) < 4.78 is 186. The van der Waals surface area contributed by atoms with Gasteiger partial charge >= 0.3 is 44.6 Å². The predicted molar refractivity (Wildman–Crippen MR) is 93.9 cm³/mol. The van der Waals surface area contributed by atoms with Gasteiger partial charge < -0.3 is 18.6 Å². The molecule has 0 aromatic carbocycles. The second-order valence-corrected chi connectivity index (χ2v) is 9.44. The predicted octanol–water partition coefficient (Wildman–Crippen LogP) is 5.28. The van der Waals surface area contributed by atoms with E-state index in [9.17, 15) is 61.9 Å². The van der Waals surface area contributed by atoms with Crippen LogP contribution in [0.5, 0.6) is 0 Å². The van der Waals surface area contributed by atoms with E-state index in [2.05, 4.69) is 0 Å². The van der Waals surface area contributed by atoms with Crippen molar-refractivity contribution in [2.24, 2.45) is 0 Å². The Balaban J connectivity index is 5.68. The summed E-state index contributed by atoms with van der Waals surface area (Å²) in [4.78, 5) is 11.4. The van der Waals surface area contributed by atoms with Crippen molar-refractivity contribution < 1.29 is 75.1 Å². The van der Waals surface area contributed by atoms with Crippen molar-refractivity contribution in [2.75, 3.05) is 26.4 Å². The summed E-state index contributed by atoms with van der Waals surface area (Å²) in [6.45, 7) is 3.75. The highest BCUT2D eigenvalue weighted by Crippen LogP contribution is 2.60. The van der Waals surface area contributed by atoms with Gasteiger partial charge in [0.05, 0.1) is 0 Å². The van der Waals surface area contributed by atoms with Crippen LogP contribution >= 0.6 is 0 Å². The molecular formula is C16H22F13NO4Si. The molecule has 5 nitrogen and oxygen atoms in total. The lowest BCUT2D eigenvalue weighted by Crippen LogP contribution is -2.72. The van der Waals surface area contributed by atoms with Crippen LogP contribution in [0.2, 0.25) is 6.04 Å². The molecule has 35 heavy (non-hydrogen) atoms. The number of carbonyl (C=O) groups excluding carboxylic acids is 1.